The van der Waals surface area contributed by atoms with Gasteiger partial charge in [0.05, 0.1) is 0 Å². The summed E-state index contributed by atoms with van der Waals surface area (Å²) in [4.78, 5) is 22.1. The van der Waals surface area contributed by atoms with Gasteiger partial charge < -0.3 is 4.74 Å². The molecule has 0 rings (SSSR count). The quantitative estimate of drug-likeness (QED) is 0.482. The van der Waals surface area contributed by atoms with Gasteiger partial charge in [-0.15, -0.1) is 0 Å². The monoisotopic (exact) mass is 341 g/mol. The lowest BCUT2D eigenvalue weighted by atomic mass is 9.84. The van der Waals surface area contributed by atoms with Gasteiger partial charge >= 0.3 is 6.09 Å². The van der Waals surface area contributed by atoms with Gasteiger partial charge in [-0.2, -0.15) is 0 Å². The molecule has 0 heterocycles. The zero-order valence-electron chi connectivity index (χ0n) is 10.5. The van der Waals surface area contributed by atoms with E-state index >= 15 is 0 Å². The van der Waals surface area contributed by atoms with Crippen molar-refractivity contribution in [1.82, 2.24) is 5.32 Å². The van der Waals surface area contributed by atoms with E-state index < -0.39 is 15.6 Å². The van der Waals surface area contributed by atoms with Crippen molar-refractivity contribution < 1.29 is 14.3 Å². The Morgan fingerprint density at radius 3 is 2.12 bits per heavy atom. The van der Waals surface area contributed by atoms with Crippen LogP contribution in [0.3, 0.4) is 0 Å². The fraction of sp³-hybridized carbons (Fsp3) is 0.818. The minimum Gasteiger partial charge on any atom is -0.443 e. The third-order valence-electron chi connectivity index (χ3n) is 2.56. The second-order valence-corrected chi connectivity index (χ2v) is 5.83. The zero-order valence-corrected chi connectivity index (χ0v) is 12.6. The Kier molecular flexibility index (Phi) is 6.28. The summed E-state index contributed by atoms with van der Waals surface area (Å²) < 4.78 is 4.91. The summed E-state index contributed by atoms with van der Waals surface area (Å²) in [7, 11) is 0. The molecule has 0 bridgehead atoms. The molecular weight excluding hydrogens is 321 g/mol. The Hall–Kier alpha value is -0.330. The fourth-order valence-corrected chi connectivity index (χ4v) is 1.74. The van der Waals surface area contributed by atoms with E-state index in [1.807, 2.05) is 20.8 Å². The van der Waals surface area contributed by atoms with Crippen LogP contribution in [-0.2, 0) is 4.74 Å². The Morgan fingerprint density at radius 1 is 1.31 bits per heavy atom. The summed E-state index contributed by atoms with van der Waals surface area (Å²) in [5.41, 5.74) is -0.537. The summed E-state index contributed by atoms with van der Waals surface area (Å²) >= 11 is 1.50. The molecule has 1 unspecified atom stereocenters. The van der Waals surface area contributed by atoms with Gasteiger partial charge in [-0.05, 0) is 25.2 Å². The summed E-state index contributed by atoms with van der Waals surface area (Å²) in [5.74, 6) is 0.625. The van der Waals surface area contributed by atoms with E-state index in [4.69, 9.17) is 4.74 Å². The van der Waals surface area contributed by atoms with Gasteiger partial charge in [0, 0.05) is 22.6 Å². The topological polar surface area (TPSA) is 55.4 Å². The molecule has 0 aliphatic carbocycles. The molecule has 16 heavy (non-hydrogen) atoms. The maximum absolute atomic E-state index is 11.4. The van der Waals surface area contributed by atoms with Crippen molar-refractivity contribution in [2.45, 2.75) is 46.6 Å². The molecule has 0 aromatic heterocycles. The van der Waals surface area contributed by atoms with Crippen LogP contribution < -0.4 is 5.32 Å². The molecule has 0 aromatic carbocycles. The SMILES string of the molecule is CC(C)CC(C)(OC(=O)NC(=O)I)C(C)C. The highest BCUT2D eigenvalue weighted by atomic mass is 127. The Labute approximate surface area is 111 Å². The van der Waals surface area contributed by atoms with Gasteiger partial charge in [0.2, 0.25) is 0 Å². The first-order chi connectivity index (χ1) is 7.17. The Bertz CT molecular complexity index is 266. The number of carbonyl (C=O) groups is 2. The highest BCUT2D eigenvalue weighted by molar-refractivity contribution is 14.1. The minimum absolute atomic E-state index is 0.199. The molecule has 0 aliphatic rings. The second kappa shape index (κ2) is 6.42. The predicted molar refractivity (Wildman–Crippen MR) is 71.7 cm³/mol. The van der Waals surface area contributed by atoms with Crippen LogP contribution in [0.25, 0.3) is 0 Å². The van der Waals surface area contributed by atoms with E-state index in [9.17, 15) is 9.59 Å². The maximum atomic E-state index is 11.4. The molecule has 0 saturated heterocycles. The van der Waals surface area contributed by atoms with Gasteiger partial charge in [-0.25, -0.2) is 4.79 Å². The first-order valence-corrected chi connectivity index (χ1v) is 6.44. The molecule has 5 heteroatoms. The first kappa shape index (κ1) is 15.7. The highest BCUT2D eigenvalue weighted by Gasteiger charge is 2.33. The van der Waals surface area contributed by atoms with E-state index in [1.165, 1.54) is 22.6 Å². The molecule has 4 nitrogen and oxygen atoms in total. The lowest BCUT2D eigenvalue weighted by Gasteiger charge is -2.34. The van der Waals surface area contributed by atoms with E-state index in [1.54, 1.807) is 0 Å². The largest absolute Gasteiger partial charge is 0.443 e. The van der Waals surface area contributed by atoms with Crippen LogP contribution >= 0.6 is 22.6 Å². The number of carbonyl (C=O) groups excluding carboxylic acids is 2. The lowest BCUT2D eigenvalue weighted by molar-refractivity contribution is -0.0225. The fourth-order valence-electron chi connectivity index (χ4n) is 1.52. The van der Waals surface area contributed by atoms with Crippen molar-refractivity contribution >= 4 is 32.6 Å². The van der Waals surface area contributed by atoms with Crippen molar-refractivity contribution in [2.24, 2.45) is 11.8 Å². The maximum Gasteiger partial charge on any atom is 0.415 e. The molecule has 94 valence electrons. The highest BCUT2D eigenvalue weighted by Crippen LogP contribution is 2.29. The summed E-state index contributed by atoms with van der Waals surface area (Å²) in [5, 5.41) is 2.11. The third-order valence-corrected chi connectivity index (χ3v) is 2.83. The van der Waals surface area contributed by atoms with Crippen molar-refractivity contribution in [3.05, 3.63) is 0 Å². The van der Waals surface area contributed by atoms with Crippen molar-refractivity contribution in [3.63, 3.8) is 0 Å². The van der Waals surface area contributed by atoms with Crippen molar-refractivity contribution in [2.75, 3.05) is 0 Å². The molecule has 1 N–H and O–H groups in total. The Balaban J connectivity index is 4.55. The average Bonchev–Trinajstić information content (AvgIpc) is 1.98. The van der Waals surface area contributed by atoms with Crippen LogP contribution in [0.5, 0.6) is 0 Å². The standard InChI is InChI=1S/C11H20INO3/c1-7(2)6-11(5,8(3)4)16-10(15)13-9(12)14/h7-8H,6H2,1-5H3,(H,13,14,15). The normalized spacial score (nSPS) is 14.8. The van der Waals surface area contributed by atoms with Crippen LogP contribution in [0.2, 0.25) is 0 Å². The molecule has 0 spiro atoms. The molecule has 0 aliphatic heterocycles. The van der Waals surface area contributed by atoms with Gasteiger partial charge in [-0.3, -0.25) is 10.1 Å². The van der Waals surface area contributed by atoms with Crippen LogP contribution in [0.15, 0.2) is 0 Å². The third kappa shape index (κ3) is 5.67. The predicted octanol–water partition coefficient (Wildman–Crippen LogP) is 3.73. The van der Waals surface area contributed by atoms with Crippen molar-refractivity contribution in [1.29, 1.82) is 0 Å². The van der Waals surface area contributed by atoms with E-state index in [-0.39, 0.29) is 5.92 Å². The van der Waals surface area contributed by atoms with Crippen LogP contribution in [-0.4, -0.2) is 15.6 Å². The number of imide groups is 1. The van der Waals surface area contributed by atoms with Gasteiger partial charge in [0.15, 0.2) is 0 Å². The molecular formula is C11H20INO3. The van der Waals surface area contributed by atoms with Crippen LogP contribution in [0.1, 0.15) is 41.0 Å². The number of alkyl carbamates (subject to hydrolysis) is 1. The van der Waals surface area contributed by atoms with E-state index in [0.717, 1.165) is 6.42 Å². The van der Waals surface area contributed by atoms with E-state index in [2.05, 4.69) is 19.2 Å². The van der Waals surface area contributed by atoms with Gasteiger partial charge in [-0.1, -0.05) is 27.7 Å². The molecule has 0 aromatic rings. The van der Waals surface area contributed by atoms with Gasteiger partial charge in [0.1, 0.15) is 5.60 Å². The lowest BCUT2D eigenvalue weighted by Crippen LogP contribution is -2.42. The Morgan fingerprint density at radius 2 is 1.81 bits per heavy atom. The zero-order chi connectivity index (χ0) is 12.9. The molecule has 2 amide bonds. The minimum atomic E-state index is -0.670. The number of hydrogen-bond donors (Lipinski definition) is 1. The number of ether oxygens (including phenoxy) is 1. The summed E-state index contributed by atoms with van der Waals surface area (Å²) in [6, 6.07) is 0. The second-order valence-electron chi connectivity index (χ2n) is 4.85. The van der Waals surface area contributed by atoms with Crippen LogP contribution in [0.4, 0.5) is 9.59 Å². The molecule has 0 radical (unpaired) electrons. The molecule has 0 fully saturated rings. The summed E-state index contributed by atoms with van der Waals surface area (Å²) in [6.45, 7) is 10.1. The van der Waals surface area contributed by atoms with Crippen molar-refractivity contribution in [3.8, 4) is 0 Å². The smallest absolute Gasteiger partial charge is 0.415 e. The van der Waals surface area contributed by atoms with Crippen LogP contribution in [0, 0.1) is 11.8 Å². The number of halogens is 1. The average molecular weight is 341 g/mol. The van der Waals surface area contributed by atoms with E-state index in [0.29, 0.717) is 5.92 Å². The first-order valence-electron chi connectivity index (χ1n) is 5.37. The summed E-state index contributed by atoms with van der Waals surface area (Å²) in [6.07, 6.45) is 0.101. The number of amides is 2. The number of nitrogens with one attached hydrogen (secondary N) is 1. The molecule has 1 atom stereocenters. The molecule has 0 saturated carbocycles. The number of hydrogen-bond acceptors (Lipinski definition) is 3. The number of rotatable bonds is 4. The van der Waals surface area contributed by atoms with Gasteiger partial charge in [0.25, 0.3) is 3.91 Å².